The van der Waals surface area contributed by atoms with Crippen molar-refractivity contribution >= 4 is 49.5 Å². The molecule has 0 aromatic heterocycles. The molecule has 0 heterocycles. The molecular formula is C17H11Br2NO3. The van der Waals surface area contributed by atoms with Crippen LogP contribution in [0.2, 0.25) is 0 Å². The van der Waals surface area contributed by atoms with Crippen LogP contribution in [0.15, 0.2) is 51.4 Å². The van der Waals surface area contributed by atoms with Crippen molar-refractivity contribution in [1.29, 1.82) is 5.26 Å². The van der Waals surface area contributed by atoms with Crippen molar-refractivity contribution in [2.75, 3.05) is 6.61 Å². The smallest absolute Gasteiger partial charge is 0.341 e. The van der Waals surface area contributed by atoms with E-state index in [9.17, 15) is 10.1 Å². The van der Waals surface area contributed by atoms with Crippen LogP contribution in [0.4, 0.5) is 0 Å². The van der Waals surface area contributed by atoms with Gasteiger partial charge in [0.25, 0.3) is 0 Å². The molecular weight excluding hydrogens is 426 g/mol. The Hall–Kier alpha value is -2.10. The molecule has 0 saturated carbocycles. The molecule has 0 radical (unpaired) electrons. The molecule has 0 spiro atoms. The van der Waals surface area contributed by atoms with Gasteiger partial charge in [-0.15, -0.1) is 0 Å². The van der Waals surface area contributed by atoms with E-state index in [0.717, 1.165) is 14.5 Å². The predicted molar refractivity (Wildman–Crippen MR) is 94.9 cm³/mol. The molecule has 0 unspecified atom stereocenters. The molecule has 0 aliphatic heterocycles. The zero-order valence-corrected chi connectivity index (χ0v) is 15.0. The lowest BCUT2D eigenvalue weighted by molar-refractivity contribution is -0.139. The second-order valence-corrected chi connectivity index (χ2v) is 6.37. The van der Waals surface area contributed by atoms with Gasteiger partial charge >= 0.3 is 5.97 Å². The number of aliphatic carboxylic acids is 1. The van der Waals surface area contributed by atoms with Gasteiger partial charge in [-0.3, -0.25) is 0 Å². The van der Waals surface area contributed by atoms with Gasteiger partial charge in [0.2, 0.25) is 0 Å². The van der Waals surface area contributed by atoms with Crippen LogP contribution in [0.25, 0.3) is 11.6 Å². The van der Waals surface area contributed by atoms with Gasteiger partial charge in [-0.2, -0.15) is 5.26 Å². The molecule has 1 N–H and O–H groups in total. The third kappa shape index (κ3) is 4.95. The SMILES string of the molecule is N#C/C(=C\c1cc(Br)ccc1OCC(=O)O)c1ccc(Br)cc1. The van der Waals surface area contributed by atoms with Gasteiger partial charge in [-0.25, -0.2) is 4.79 Å². The molecule has 4 nitrogen and oxygen atoms in total. The minimum atomic E-state index is -1.06. The van der Waals surface area contributed by atoms with Gasteiger partial charge in [0.05, 0.1) is 11.6 Å². The quantitative estimate of drug-likeness (QED) is 0.542. The lowest BCUT2D eigenvalue weighted by Crippen LogP contribution is -2.10. The summed E-state index contributed by atoms with van der Waals surface area (Å²) >= 11 is 6.72. The Morgan fingerprint density at radius 3 is 2.43 bits per heavy atom. The second kappa shape index (κ2) is 7.95. The van der Waals surface area contributed by atoms with E-state index in [1.165, 1.54) is 0 Å². The average molecular weight is 437 g/mol. The lowest BCUT2D eigenvalue weighted by Gasteiger charge is -2.08. The molecule has 23 heavy (non-hydrogen) atoms. The molecule has 2 aromatic rings. The van der Waals surface area contributed by atoms with Crippen LogP contribution in [0.1, 0.15) is 11.1 Å². The highest BCUT2D eigenvalue weighted by Crippen LogP contribution is 2.28. The predicted octanol–water partition coefficient (Wildman–Crippen LogP) is 4.74. The van der Waals surface area contributed by atoms with Crippen LogP contribution in [0.5, 0.6) is 5.75 Å². The normalized spacial score (nSPS) is 10.9. The van der Waals surface area contributed by atoms with Crippen molar-refractivity contribution in [3.05, 3.63) is 62.5 Å². The Labute approximate surface area is 150 Å². The van der Waals surface area contributed by atoms with Gasteiger partial charge < -0.3 is 9.84 Å². The highest BCUT2D eigenvalue weighted by molar-refractivity contribution is 9.10. The summed E-state index contributed by atoms with van der Waals surface area (Å²) in [4.78, 5) is 10.7. The number of allylic oxidation sites excluding steroid dienone is 1. The van der Waals surface area contributed by atoms with Crippen molar-refractivity contribution in [2.24, 2.45) is 0 Å². The largest absolute Gasteiger partial charge is 0.481 e. The molecule has 116 valence electrons. The van der Waals surface area contributed by atoms with Crippen LogP contribution in [-0.4, -0.2) is 17.7 Å². The van der Waals surface area contributed by atoms with E-state index < -0.39 is 12.6 Å². The first kappa shape index (κ1) is 17.3. The summed E-state index contributed by atoms with van der Waals surface area (Å²) in [6, 6.07) is 14.7. The zero-order valence-electron chi connectivity index (χ0n) is 11.8. The zero-order chi connectivity index (χ0) is 16.8. The number of benzene rings is 2. The van der Waals surface area contributed by atoms with Crippen LogP contribution < -0.4 is 4.74 Å². The van der Waals surface area contributed by atoms with Crippen LogP contribution in [0, 0.1) is 11.3 Å². The third-order valence-corrected chi connectivity index (χ3v) is 3.92. The minimum absolute atomic E-state index is 0.403. The first-order valence-corrected chi connectivity index (χ1v) is 8.10. The highest BCUT2D eigenvalue weighted by Gasteiger charge is 2.08. The van der Waals surface area contributed by atoms with E-state index in [-0.39, 0.29) is 0 Å². The number of carbonyl (C=O) groups is 1. The molecule has 2 rings (SSSR count). The molecule has 0 aliphatic rings. The average Bonchev–Trinajstić information content (AvgIpc) is 2.52. The first-order valence-electron chi connectivity index (χ1n) is 6.51. The van der Waals surface area contributed by atoms with Crippen LogP contribution in [0.3, 0.4) is 0 Å². The van der Waals surface area contributed by atoms with Crippen LogP contribution in [-0.2, 0) is 4.79 Å². The van der Waals surface area contributed by atoms with Crippen molar-refractivity contribution < 1.29 is 14.6 Å². The van der Waals surface area contributed by atoms with E-state index in [1.807, 2.05) is 24.3 Å². The number of nitriles is 1. The summed E-state index contributed by atoms with van der Waals surface area (Å²) in [6.45, 7) is -0.442. The maximum atomic E-state index is 10.7. The summed E-state index contributed by atoms with van der Waals surface area (Å²) in [5.41, 5.74) is 1.84. The van der Waals surface area contributed by atoms with Crippen molar-refractivity contribution in [3.8, 4) is 11.8 Å². The Morgan fingerprint density at radius 2 is 1.83 bits per heavy atom. The summed E-state index contributed by atoms with van der Waals surface area (Å²) in [5, 5.41) is 18.2. The molecule has 0 bridgehead atoms. The summed E-state index contributed by atoms with van der Waals surface area (Å²) in [5.74, 6) is -0.656. The van der Waals surface area contributed by atoms with Crippen LogP contribution >= 0.6 is 31.9 Å². The third-order valence-electron chi connectivity index (χ3n) is 2.90. The topological polar surface area (TPSA) is 70.3 Å². The van der Waals surface area contributed by atoms with Gasteiger partial charge in [-0.05, 0) is 42.0 Å². The molecule has 0 saturated heterocycles. The summed E-state index contributed by atoms with van der Waals surface area (Å²) < 4.78 is 7.00. The minimum Gasteiger partial charge on any atom is -0.481 e. The van der Waals surface area contributed by atoms with Gasteiger partial charge in [0.15, 0.2) is 6.61 Å². The maximum absolute atomic E-state index is 10.7. The molecule has 6 heteroatoms. The number of nitrogens with zero attached hydrogens (tertiary/aromatic N) is 1. The number of hydrogen-bond donors (Lipinski definition) is 1. The Bertz CT molecular complexity index is 792. The monoisotopic (exact) mass is 435 g/mol. The van der Waals surface area contributed by atoms with E-state index in [2.05, 4.69) is 37.9 Å². The second-order valence-electron chi connectivity index (χ2n) is 4.54. The fourth-order valence-electron chi connectivity index (χ4n) is 1.87. The molecule has 2 aromatic carbocycles. The van der Waals surface area contributed by atoms with E-state index in [0.29, 0.717) is 16.9 Å². The molecule has 0 fully saturated rings. The highest BCUT2D eigenvalue weighted by atomic mass is 79.9. The fraction of sp³-hybridized carbons (Fsp3) is 0.0588. The Kier molecular flexibility index (Phi) is 5.97. The van der Waals surface area contributed by atoms with E-state index >= 15 is 0 Å². The maximum Gasteiger partial charge on any atom is 0.341 e. The summed E-state index contributed by atoms with van der Waals surface area (Å²) in [6.07, 6.45) is 1.67. The number of carboxylic acid groups (broad SMARTS) is 1. The van der Waals surface area contributed by atoms with Crippen molar-refractivity contribution in [3.63, 3.8) is 0 Å². The van der Waals surface area contributed by atoms with Crippen molar-refractivity contribution in [1.82, 2.24) is 0 Å². The summed E-state index contributed by atoms with van der Waals surface area (Å²) in [7, 11) is 0. The standard InChI is InChI=1S/C17H11Br2NO3/c18-14-3-1-11(2-4-14)13(9-20)7-12-8-15(19)5-6-16(12)23-10-17(21)22/h1-8H,10H2,(H,21,22)/b13-7+. The van der Waals surface area contributed by atoms with Crippen molar-refractivity contribution in [2.45, 2.75) is 0 Å². The first-order chi connectivity index (χ1) is 11.0. The van der Waals surface area contributed by atoms with E-state index in [1.54, 1.807) is 24.3 Å². The molecule has 0 atom stereocenters. The number of ether oxygens (including phenoxy) is 1. The lowest BCUT2D eigenvalue weighted by atomic mass is 10.0. The van der Waals surface area contributed by atoms with E-state index in [4.69, 9.17) is 9.84 Å². The number of carboxylic acids is 1. The van der Waals surface area contributed by atoms with Gasteiger partial charge in [0, 0.05) is 14.5 Å². The Balaban J connectivity index is 2.42. The Morgan fingerprint density at radius 1 is 1.17 bits per heavy atom. The fourth-order valence-corrected chi connectivity index (χ4v) is 2.51. The molecule has 0 aliphatic carbocycles. The molecule has 0 amide bonds. The number of rotatable bonds is 5. The van der Waals surface area contributed by atoms with Gasteiger partial charge in [-0.1, -0.05) is 44.0 Å². The van der Waals surface area contributed by atoms with Gasteiger partial charge in [0.1, 0.15) is 5.75 Å². The number of halogens is 2. The number of hydrogen-bond acceptors (Lipinski definition) is 3.